The largest absolute Gasteiger partial charge is 0.386 e. The van der Waals surface area contributed by atoms with Crippen LogP contribution in [0.2, 0.25) is 5.02 Å². The second-order valence-electron chi connectivity index (χ2n) is 5.80. The van der Waals surface area contributed by atoms with E-state index in [0.717, 1.165) is 31.2 Å². The van der Waals surface area contributed by atoms with Crippen molar-refractivity contribution in [2.45, 2.75) is 49.8 Å². The molecule has 0 spiro atoms. The number of halogens is 2. The summed E-state index contributed by atoms with van der Waals surface area (Å²) in [5.41, 5.74) is 1.04. The molecule has 2 saturated heterocycles. The molecule has 2 N–H and O–H groups in total. The van der Waals surface area contributed by atoms with Gasteiger partial charge in [-0.05, 0) is 50.3 Å². The number of nitrogens with one attached hydrogen (secondary N) is 1. The van der Waals surface area contributed by atoms with Gasteiger partial charge in [0.15, 0.2) is 0 Å². The van der Waals surface area contributed by atoms with Crippen molar-refractivity contribution in [3.63, 3.8) is 0 Å². The Morgan fingerprint density at radius 1 is 1.28 bits per heavy atom. The van der Waals surface area contributed by atoms with Crippen molar-refractivity contribution in [1.29, 1.82) is 0 Å². The van der Waals surface area contributed by atoms with Crippen LogP contribution in [0.3, 0.4) is 0 Å². The Morgan fingerprint density at radius 2 is 1.94 bits per heavy atom. The lowest BCUT2D eigenvalue weighted by molar-refractivity contribution is 0.0738. The van der Waals surface area contributed by atoms with Gasteiger partial charge in [-0.15, -0.1) is 12.4 Å². The summed E-state index contributed by atoms with van der Waals surface area (Å²) in [7, 11) is 0. The zero-order valence-electron chi connectivity index (χ0n) is 10.4. The van der Waals surface area contributed by atoms with Crippen LogP contribution in [0.1, 0.15) is 44.3 Å². The molecule has 2 aliphatic rings. The standard InChI is InChI=1S/C14H18ClNO.ClH/c1-13-5-7-14(16-13,8-6-13)12(17)10-3-2-4-11(15)9-10;/h2-4,9,12,16-17H,5-8H2,1H3;1H. The molecule has 2 fully saturated rings. The Morgan fingerprint density at radius 3 is 2.44 bits per heavy atom. The summed E-state index contributed by atoms with van der Waals surface area (Å²) < 4.78 is 0. The van der Waals surface area contributed by atoms with Gasteiger partial charge >= 0.3 is 0 Å². The van der Waals surface area contributed by atoms with Gasteiger partial charge in [0, 0.05) is 16.1 Å². The molecule has 1 unspecified atom stereocenters. The Kier molecular flexibility index (Phi) is 3.67. The zero-order chi connectivity index (χ0) is 12.1. The highest BCUT2D eigenvalue weighted by molar-refractivity contribution is 6.30. The highest BCUT2D eigenvalue weighted by Gasteiger charge is 2.54. The maximum absolute atomic E-state index is 10.6. The molecule has 1 aromatic carbocycles. The first-order chi connectivity index (χ1) is 8.03. The predicted molar refractivity (Wildman–Crippen MR) is 76.4 cm³/mol. The molecule has 2 heterocycles. The van der Waals surface area contributed by atoms with Gasteiger partial charge in [-0.25, -0.2) is 0 Å². The van der Waals surface area contributed by atoms with Crippen molar-refractivity contribution in [1.82, 2.24) is 5.32 Å². The molecule has 0 aliphatic carbocycles. The minimum absolute atomic E-state index is 0. The normalized spacial score (nSPS) is 35.3. The van der Waals surface area contributed by atoms with E-state index in [1.807, 2.05) is 24.3 Å². The Hall–Kier alpha value is -0.280. The van der Waals surface area contributed by atoms with Crippen LogP contribution in [0.25, 0.3) is 0 Å². The highest BCUT2D eigenvalue weighted by atomic mass is 35.5. The summed E-state index contributed by atoms with van der Waals surface area (Å²) in [5.74, 6) is 0. The van der Waals surface area contributed by atoms with Crippen molar-refractivity contribution in [2.24, 2.45) is 0 Å². The van der Waals surface area contributed by atoms with Crippen molar-refractivity contribution in [3.05, 3.63) is 34.9 Å². The molecule has 2 nitrogen and oxygen atoms in total. The van der Waals surface area contributed by atoms with Crippen molar-refractivity contribution in [3.8, 4) is 0 Å². The molecular formula is C14H19Cl2NO. The third kappa shape index (κ3) is 2.16. The Labute approximate surface area is 119 Å². The third-order valence-corrected chi connectivity index (χ3v) is 4.72. The van der Waals surface area contributed by atoms with E-state index in [2.05, 4.69) is 12.2 Å². The molecule has 4 heteroatoms. The number of rotatable bonds is 2. The molecule has 2 aliphatic heterocycles. The lowest BCUT2D eigenvalue weighted by Gasteiger charge is -2.32. The molecule has 0 aromatic heterocycles. The van der Waals surface area contributed by atoms with Gasteiger partial charge < -0.3 is 10.4 Å². The van der Waals surface area contributed by atoms with Crippen molar-refractivity contribution < 1.29 is 5.11 Å². The smallest absolute Gasteiger partial charge is 0.0972 e. The molecule has 18 heavy (non-hydrogen) atoms. The second kappa shape index (κ2) is 4.68. The van der Waals surface area contributed by atoms with Crippen molar-refractivity contribution in [2.75, 3.05) is 0 Å². The first kappa shape index (κ1) is 14.1. The molecule has 0 saturated carbocycles. The van der Waals surface area contributed by atoms with Gasteiger partial charge in [-0.2, -0.15) is 0 Å². The third-order valence-electron chi connectivity index (χ3n) is 4.48. The molecule has 0 radical (unpaired) electrons. The Balaban J connectivity index is 0.00000120. The molecule has 2 bridgehead atoms. The van der Waals surface area contributed by atoms with E-state index in [9.17, 15) is 5.11 Å². The fraction of sp³-hybridized carbons (Fsp3) is 0.571. The van der Waals surface area contributed by atoms with Crippen LogP contribution in [-0.4, -0.2) is 16.2 Å². The van der Waals surface area contributed by atoms with E-state index in [1.165, 1.54) is 0 Å². The van der Waals surface area contributed by atoms with Gasteiger partial charge in [0.25, 0.3) is 0 Å². The number of aliphatic hydroxyl groups is 1. The van der Waals surface area contributed by atoms with E-state index >= 15 is 0 Å². The molecular weight excluding hydrogens is 269 g/mol. The van der Waals surface area contributed by atoms with E-state index in [4.69, 9.17) is 11.6 Å². The minimum Gasteiger partial charge on any atom is -0.386 e. The van der Waals surface area contributed by atoms with Crippen LogP contribution in [0.5, 0.6) is 0 Å². The molecule has 1 aromatic rings. The van der Waals surface area contributed by atoms with Gasteiger partial charge in [-0.1, -0.05) is 23.7 Å². The van der Waals surface area contributed by atoms with Gasteiger partial charge in [-0.3, -0.25) is 0 Å². The number of aliphatic hydroxyl groups excluding tert-OH is 1. The summed E-state index contributed by atoms with van der Waals surface area (Å²) >= 11 is 5.99. The van der Waals surface area contributed by atoms with Gasteiger partial charge in [0.1, 0.15) is 0 Å². The quantitative estimate of drug-likeness (QED) is 0.873. The van der Waals surface area contributed by atoms with E-state index < -0.39 is 6.10 Å². The molecule has 100 valence electrons. The van der Waals surface area contributed by atoms with Gasteiger partial charge in [0.05, 0.1) is 6.10 Å². The topological polar surface area (TPSA) is 32.3 Å². The van der Waals surface area contributed by atoms with Crippen LogP contribution in [0, 0.1) is 0 Å². The molecule has 0 amide bonds. The summed E-state index contributed by atoms with van der Waals surface area (Å²) in [6.45, 7) is 2.26. The predicted octanol–water partition coefficient (Wildman–Crippen LogP) is 3.47. The summed E-state index contributed by atoms with van der Waals surface area (Å²) in [6.07, 6.45) is 3.97. The number of hydrogen-bond acceptors (Lipinski definition) is 2. The maximum atomic E-state index is 10.6. The lowest BCUT2D eigenvalue weighted by atomic mass is 9.78. The van der Waals surface area contributed by atoms with E-state index in [1.54, 1.807) is 0 Å². The molecule has 3 rings (SSSR count). The summed E-state index contributed by atoms with van der Waals surface area (Å²) in [4.78, 5) is 0. The van der Waals surface area contributed by atoms with Crippen LogP contribution < -0.4 is 5.32 Å². The van der Waals surface area contributed by atoms with Crippen molar-refractivity contribution >= 4 is 24.0 Å². The van der Waals surface area contributed by atoms with E-state index in [0.29, 0.717) is 5.02 Å². The van der Waals surface area contributed by atoms with Crippen LogP contribution >= 0.6 is 24.0 Å². The fourth-order valence-corrected chi connectivity index (χ4v) is 3.64. The van der Waals surface area contributed by atoms with E-state index in [-0.39, 0.29) is 23.5 Å². The SMILES string of the molecule is CC12CCC(C(O)c3cccc(Cl)c3)(CC1)N2.Cl. The van der Waals surface area contributed by atoms with Crippen LogP contribution in [-0.2, 0) is 0 Å². The fourth-order valence-electron chi connectivity index (χ4n) is 3.44. The number of hydrogen-bond donors (Lipinski definition) is 2. The summed E-state index contributed by atoms with van der Waals surface area (Å²) in [5, 5.41) is 14.9. The van der Waals surface area contributed by atoms with Crippen LogP contribution in [0.15, 0.2) is 24.3 Å². The second-order valence-corrected chi connectivity index (χ2v) is 6.24. The minimum atomic E-state index is -0.453. The average Bonchev–Trinajstić information content (AvgIpc) is 2.83. The first-order valence-corrected chi connectivity index (χ1v) is 6.64. The lowest BCUT2D eigenvalue weighted by Crippen LogP contribution is -2.45. The van der Waals surface area contributed by atoms with Crippen LogP contribution in [0.4, 0.5) is 0 Å². The first-order valence-electron chi connectivity index (χ1n) is 6.26. The Bertz CT molecular complexity index is 441. The number of benzene rings is 1. The number of fused-ring (bicyclic) bond motifs is 2. The average molecular weight is 288 g/mol. The highest BCUT2D eigenvalue weighted by Crippen LogP contribution is 2.50. The maximum Gasteiger partial charge on any atom is 0.0972 e. The summed E-state index contributed by atoms with van der Waals surface area (Å²) in [6, 6.07) is 7.58. The molecule has 1 atom stereocenters. The zero-order valence-corrected chi connectivity index (χ0v) is 12.0. The van der Waals surface area contributed by atoms with Gasteiger partial charge in [0.2, 0.25) is 0 Å². The monoisotopic (exact) mass is 287 g/mol.